The number of hydrogen-bond donors (Lipinski definition) is 2. The van der Waals surface area contributed by atoms with Crippen LogP contribution in [0.4, 0.5) is 0 Å². The molecular formula is C11H12N2S. The first-order valence-corrected chi connectivity index (χ1v) is 5.76. The molecule has 3 rings (SSSR count). The molecule has 1 aliphatic heterocycles. The summed E-state index contributed by atoms with van der Waals surface area (Å²) in [5, 5.41) is 5.69. The van der Waals surface area contributed by atoms with Crippen molar-refractivity contribution in [2.75, 3.05) is 6.54 Å². The number of aromatic amines is 1. The van der Waals surface area contributed by atoms with Gasteiger partial charge in [-0.25, -0.2) is 0 Å². The van der Waals surface area contributed by atoms with Crippen molar-refractivity contribution in [2.45, 2.75) is 12.5 Å². The van der Waals surface area contributed by atoms with E-state index in [-0.39, 0.29) is 0 Å². The molecule has 0 radical (unpaired) electrons. The van der Waals surface area contributed by atoms with Gasteiger partial charge in [0.1, 0.15) is 0 Å². The van der Waals surface area contributed by atoms with E-state index >= 15 is 0 Å². The second-order valence-corrected chi connectivity index (χ2v) is 4.54. The summed E-state index contributed by atoms with van der Waals surface area (Å²) in [4.78, 5) is 4.72. The summed E-state index contributed by atoms with van der Waals surface area (Å²) in [6, 6.07) is 6.91. The van der Waals surface area contributed by atoms with Crippen molar-refractivity contribution in [2.24, 2.45) is 0 Å². The standard InChI is InChI=1S/C11H12N2S/c1-2-10(14-7-1)11-8-3-5-12-9(8)4-6-13-11/h1-3,5,7,11-13H,4,6H2. The van der Waals surface area contributed by atoms with Gasteiger partial charge in [-0.1, -0.05) is 6.07 Å². The monoisotopic (exact) mass is 204 g/mol. The van der Waals surface area contributed by atoms with Crippen molar-refractivity contribution >= 4 is 11.3 Å². The molecule has 0 amide bonds. The van der Waals surface area contributed by atoms with E-state index in [9.17, 15) is 0 Å². The van der Waals surface area contributed by atoms with Crippen molar-refractivity contribution in [1.82, 2.24) is 10.3 Å². The summed E-state index contributed by atoms with van der Waals surface area (Å²) < 4.78 is 0. The third kappa shape index (κ3) is 1.21. The molecule has 0 aliphatic carbocycles. The van der Waals surface area contributed by atoms with E-state index in [0.717, 1.165) is 13.0 Å². The summed E-state index contributed by atoms with van der Waals surface area (Å²) in [6.45, 7) is 1.07. The minimum absolute atomic E-state index is 0.407. The lowest BCUT2D eigenvalue weighted by atomic mass is 10.0. The van der Waals surface area contributed by atoms with Crippen LogP contribution in [0, 0.1) is 0 Å². The van der Waals surface area contributed by atoms with Crippen LogP contribution in [0.25, 0.3) is 0 Å². The van der Waals surface area contributed by atoms with Gasteiger partial charge in [-0.2, -0.15) is 0 Å². The molecule has 1 atom stereocenters. The molecule has 3 heteroatoms. The predicted molar refractivity (Wildman–Crippen MR) is 58.7 cm³/mol. The molecule has 72 valence electrons. The second kappa shape index (κ2) is 3.26. The molecule has 2 aromatic heterocycles. The van der Waals surface area contributed by atoms with Crippen LogP contribution in [0.1, 0.15) is 22.2 Å². The fourth-order valence-electron chi connectivity index (χ4n) is 2.06. The van der Waals surface area contributed by atoms with Gasteiger partial charge in [0.2, 0.25) is 0 Å². The van der Waals surface area contributed by atoms with Crippen molar-refractivity contribution < 1.29 is 0 Å². The zero-order chi connectivity index (χ0) is 9.38. The van der Waals surface area contributed by atoms with Crippen molar-refractivity contribution in [3.63, 3.8) is 0 Å². The van der Waals surface area contributed by atoms with Crippen LogP contribution < -0.4 is 5.32 Å². The highest BCUT2D eigenvalue weighted by Gasteiger charge is 2.22. The minimum Gasteiger partial charge on any atom is -0.365 e. The molecule has 1 aliphatic rings. The molecule has 0 fully saturated rings. The summed E-state index contributed by atoms with van der Waals surface area (Å²) >= 11 is 1.82. The Hall–Kier alpha value is -1.06. The molecule has 3 heterocycles. The van der Waals surface area contributed by atoms with E-state index in [0.29, 0.717) is 6.04 Å². The highest BCUT2D eigenvalue weighted by molar-refractivity contribution is 7.10. The molecule has 0 saturated carbocycles. The molecule has 14 heavy (non-hydrogen) atoms. The topological polar surface area (TPSA) is 27.8 Å². The van der Waals surface area contributed by atoms with Crippen LogP contribution in [-0.2, 0) is 6.42 Å². The lowest BCUT2D eigenvalue weighted by Gasteiger charge is -2.23. The Morgan fingerprint density at radius 1 is 1.36 bits per heavy atom. The molecule has 0 saturated heterocycles. The molecule has 2 N–H and O–H groups in total. The lowest BCUT2D eigenvalue weighted by molar-refractivity contribution is 0.571. The van der Waals surface area contributed by atoms with Crippen LogP contribution in [0.3, 0.4) is 0 Å². The fraction of sp³-hybridized carbons (Fsp3) is 0.273. The third-order valence-electron chi connectivity index (χ3n) is 2.73. The van der Waals surface area contributed by atoms with Crippen molar-refractivity contribution in [3.05, 3.63) is 45.9 Å². The SMILES string of the molecule is c1csc(C2NCCc3[nH]ccc32)c1. The number of aromatic nitrogens is 1. The molecule has 2 aromatic rings. The largest absolute Gasteiger partial charge is 0.365 e. The van der Waals surface area contributed by atoms with E-state index in [4.69, 9.17) is 0 Å². The summed E-state index contributed by atoms with van der Waals surface area (Å²) in [5.74, 6) is 0. The van der Waals surface area contributed by atoms with Gasteiger partial charge in [0.05, 0.1) is 6.04 Å². The van der Waals surface area contributed by atoms with E-state index in [1.54, 1.807) is 0 Å². The Bertz CT molecular complexity index is 416. The average molecular weight is 204 g/mol. The van der Waals surface area contributed by atoms with Gasteiger partial charge in [-0.3, -0.25) is 0 Å². The Labute approximate surface area is 87.0 Å². The second-order valence-electron chi connectivity index (χ2n) is 3.56. The van der Waals surface area contributed by atoms with E-state index < -0.39 is 0 Å². The third-order valence-corrected chi connectivity index (χ3v) is 3.67. The highest BCUT2D eigenvalue weighted by atomic mass is 32.1. The van der Waals surface area contributed by atoms with Gasteiger partial charge >= 0.3 is 0 Å². The lowest BCUT2D eigenvalue weighted by Crippen LogP contribution is -2.29. The zero-order valence-corrected chi connectivity index (χ0v) is 8.60. The quantitative estimate of drug-likeness (QED) is 0.733. The van der Waals surface area contributed by atoms with E-state index in [1.807, 2.05) is 17.5 Å². The molecule has 2 nitrogen and oxygen atoms in total. The molecule has 0 spiro atoms. The molecule has 0 bridgehead atoms. The van der Waals surface area contributed by atoms with Gasteiger partial charge in [0, 0.05) is 29.7 Å². The summed E-state index contributed by atoms with van der Waals surface area (Å²) in [7, 11) is 0. The Kier molecular flexibility index (Phi) is 1.92. The van der Waals surface area contributed by atoms with Crippen LogP contribution in [0.15, 0.2) is 29.8 Å². The van der Waals surface area contributed by atoms with Gasteiger partial charge in [0.25, 0.3) is 0 Å². The number of fused-ring (bicyclic) bond motifs is 1. The minimum atomic E-state index is 0.407. The highest BCUT2D eigenvalue weighted by Crippen LogP contribution is 2.30. The fourth-order valence-corrected chi connectivity index (χ4v) is 2.88. The number of H-pyrrole nitrogens is 1. The van der Waals surface area contributed by atoms with Gasteiger partial charge < -0.3 is 10.3 Å². The smallest absolute Gasteiger partial charge is 0.0688 e. The maximum Gasteiger partial charge on any atom is 0.0688 e. The predicted octanol–water partition coefficient (Wildman–Crippen LogP) is 2.31. The number of nitrogens with one attached hydrogen (secondary N) is 2. The Balaban J connectivity index is 2.04. The number of hydrogen-bond acceptors (Lipinski definition) is 2. The zero-order valence-electron chi connectivity index (χ0n) is 7.79. The van der Waals surface area contributed by atoms with Crippen LogP contribution in [-0.4, -0.2) is 11.5 Å². The van der Waals surface area contributed by atoms with Gasteiger partial charge in [0.15, 0.2) is 0 Å². The maximum absolute atomic E-state index is 3.55. The van der Waals surface area contributed by atoms with Crippen molar-refractivity contribution in [3.8, 4) is 0 Å². The Morgan fingerprint density at radius 3 is 3.21 bits per heavy atom. The summed E-state index contributed by atoms with van der Waals surface area (Å²) in [5.41, 5.74) is 2.81. The first-order chi connectivity index (χ1) is 6.95. The first kappa shape index (κ1) is 8.26. The number of thiophene rings is 1. The van der Waals surface area contributed by atoms with Crippen molar-refractivity contribution in [1.29, 1.82) is 0 Å². The molecule has 0 aromatic carbocycles. The van der Waals surface area contributed by atoms with Crippen LogP contribution in [0.5, 0.6) is 0 Å². The maximum atomic E-state index is 3.55. The normalized spacial score (nSPS) is 20.7. The van der Waals surface area contributed by atoms with Gasteiger partial charge in [-0.15, -0.1) is 11.3 Å². The Morgan fingerprint density at radius 2 is 2.36 bits per heavy atom. The molecule has 1 unspecified atom stereocenters. The van der Waals surface area contributed by atoms with Crippen LogP contribution >= 0.6 is 11.3 Å². The number of rotatable bonds is 1. The van der Waals surface area contributed by atoms with E-state index in [2.05, 4.69) is 33.9 Å². The van der Waals surface area contributed by atoms with Crippen LogP contribution in [0.2, 0.25) is 0 Å². The summed E-state index contributed by atoms with van der Waals surface area (Å²) in [6.07, 6.45) is 3.16. The average Bonchev–Trinajstić information content (AvgIpc) is 2.88. The van der Waals surface area contributed by atoms with Gasteiger partial charge in [-0.05, 0) is 23.1 Å². The first-order valence-electron chi connectivity index (χ1n) is 4.88. The van der Waals surface area contributed by atoms with E-state index in [1.165, 1.54) is 16.1 Å². The molecular weight excluding hydrogens is 192 g/mol.